The standard InChI is InChI=1S/C19H27ClN4O5S/c1-7-23(8-2)30(26,27)19-12(3)22-24(13(19)4)11-18(25)21-15-10-16(28-5)14(20)9-17(15)29-6/h9-10H,7-8,11H2,1-6H3,(H,21,25). The van der Waals surface area contributed by atoms with E-state index in [9.17, 15) is 13.2 Å². The number of carbonyl (C=O) groups is 1. The van der Waals surface area contributed by atoms with E-state index in [2.05, 4.69) is 10.4 Å². The van der Waals surface area contributed by atoms with Crippen LogP contribution in [-0.2, 0) is 21.4 Å². The molecule has 0 aliphatic carbocycles. The third-order valence-corrected chi connectivity index (χ3v) is 7.26. The predicted molar refractivity (Wildman–Crippen MR) is 115 cm³/mol. The van der Waals surface area contributed by atoms with E-state index in [1.165, 1.54) is 29.3 Å². The van der Waals surface area contributed by atoms with Gasteiger partial charge in [0.15, 0.2) is 0 Å². The molecule has 1 aromatic carbocycles. The number of methoxy groups -OCH3 is 2. The average molecular weight is 459 g/mol. The Morgan fingerprint density at radius 2 is 1.77 bits per heavy atom. The zero-order valence-corrected chi connectivity index (χ0v) is 19.5. The number of rotatable bonds is 9. The summed E-state index contributed by atoms with van der Waals surface area (Å²) in [5.74, 6) is 0.342. The molecule has 0 radical (unpaired) electrons. The summed E-state index contributed by atoms with van der Waals surface area (Å²) in [5, 5.41) is 7.35. The highest BCUT2D eigenvalue weighted by atomic mass is 35.5. The van der Waals surface area contributed by atoms with Gasteiger partial charge in [-0.2, -0.15) is 9.40 Å². The Balaban J connectivity index is 2.32. The summed E-state index contributed by atoms with van der Waals surface area (Å²) in [4.78, 5) is 12.8. The van der Waals surface area contributed by atoms with E-state index in [1.54, 1.807) is 33.8 Å². The number of nitrogens with zero attached hydrogens (tertiary/aromatic N) is 3. The zero-order chi connectivity index (χ0) is 22.6. The Morgan fingerprint density at radius 3 is 2.30 bits per heavy atom. The maximum atomic E-state index is 12.9. The van der Waals surface area contributed by atoms with Gasteiger partial charge >= 0.3 is 0 Å². The maximum absolute atomic E-state index is 12.9. The molecule has 1 heterocycles. The monoisotopic (exact) mass is 458 g/mol. The van der Waals surface area contributed by atoms with Crippen molar-refractivity contribution < 1.29 is 22.7 Å². The van der Waals surface area contributed by atoms with Gasteiger partial charge in [-0.15, -0.1) is 0 Å². The van der Waals surface area contributed by atoms with Crippen molar-refractivity contribution in [2.45, 2.75) is 39.1 Å². The first-order chi connectivity index (χ1) is 14.1. The quantitative estimate of drug-likeness (QED) is 0.619. The fraction of sp³-hybridized carbons (Fsp3) is 0.474. The number of halogens is 1. The molecule has 30 heavy (non-hydrogen) atoms. The van der Waals surface area contributed by atoms with E-state index in [4.69, 9.17) is 21.1 Å². The molecule has 1 amide bonds. The second-order valence-electron chi connectivity index (χ2n) is 6.48. The number of ether oxygens (including phenoxy) is 2. The highest BCUT2D eigenvalue weighted by molar-refractivity contribution is 7.89. The maximum Gasteiger partial charge on any atom is 0.246 e. The van der Waals surface area contributed by atoms with Crippen molar-refractivity contribution in [3.63, 3.8) is 0 Å². The second kappa shape index (κ2) is 9.67. The van der Waals surface area contributed by atoms with Crippen molar-refractivity contribution >= 4 is 33.2 Å². The lowest BCUT2D eigenvalue weighted by molar-refractivity contribution is -0.117. The number of hydrogen-bond donors (Lipinski definition) is 1. The minimum Gasteiger partial charge on any atom is -0.495 e. The number of carbonyl (C=O) groups excluding carboxylic acids is 1. The predicted octanol–water partition coefficient (Wildman–Crippen LogP) is 2.84. The zero-order valence-electron chi connectivity index (χ0n) is 17.9. The van der Waals surface area contributed by atoms with E-state index >= 15 is 0 Å². The number of nitrogens with one attached hydrogen (secondary N) is 1. The largest absolute Gasteiger partial charge is 0.495 e. The van der Waals surface area contributed by atoms with Crippen LogP contribution in [-0.4, -0.2) is 55.7 Å². The van der Waals surface area contributed by atoms with Crippen LogP contribution in [0.25, 0.3) is 0 Å². The van der Waals surface area contributed by atoms with Crippen molar-refractivity contribution in [1.29, 1.82) is 0 Å². The van der Waals surface area contributed by atoms with Crippen LogP contribution in [0.15, 0.2) is 17.0 Å². The van der Waals surface area contributed by atoms with Gasteiger partial charge in [0, 0.05) is 25.2 Å². The van der Waals surface area contributed by atoms with E-state index in [0.717, 1.165) is 0 Å². The van der Waals surface area contributed by atoms with E-state index in [1.807, 2.05) is 0 Å². The molecule has 0 aliphatic heterocycles. The molecule has 0 bridgehead atoms. The smallest absolute Gasteiger partial charge is 0.246 e. The number of hydrogen-bond acceptors (Lipinski definition) is 6. The van der Waals surface area contributed by atoms with Crippen LogP contribution in [0.1, 0.15) is 25.2 Å². The lowest BCUT2D eigenvalue weighted by Gasteiger charge is -2.18. The molecule has 1 N–H and O–H groups in total. The Bertz CT molecular complexity index is 1030. The number of aryl methyl sites for hydroxylation is 1. The summed E-state index contributed by atoms with van der Waals surface area (Å²) in [5.41, 5.74) is 1.12. The highest BCUT2D eigenvalue weighted by Gasteiger charge is 2.29. The molecule has 0 saturated carbocycles. The van der Waals surface area contributed by atoms with E-state index < -0.39 is 15.9 Å². The van der Waals surface area contributed by atoms with Crippen LogP contribution in [0, 0.1) is 13.8 Å². The van der Waals surface area contributed by atoms with Gasteiger partial charge < -0.3 is 14.8 Å². The Hall–Kier alpha value is -2.30. The van der Waals surface area contributed by atoms with Crippen molar-refractivity contribution in [2.75, 3.05) is 32.6 Å². The lowest BCUT2D eigenvalue weighted by Crippen LogP contribution is -2.31. The van der Waals surface area contributed by atoms with Crippen LogP contribution in [0.4, 0.5) is 5.69 Å². The van der Waals surface area contributed by atoms with Crippen LogP contribution in [0.2, 0.25) is 5.02 Å². The van der Waals surface area contributed by atoms with E-state index in [-0.39, 0.29) is 11.4 Å². The average Bonchev–Trinajstić information content (AvgIpc) is 2.96. The van der Waals surface area contributed by atoms with Crippen molar-refractivity contribution in [1.82, 2.24) is 14.1 Å². The molecular weight excluding hydrogens is 432 g/mol. The molecule has 0 fully saturated rings. The first-order valence-corrected chi connectivity index (χ1v) is 11.2. The summed E-state index contributed by atoms with van der Waals surface area (Å²) in [6, 6.07) is 3.09. The molecule has 2 rings (SSSR count). The van der Waals surface area contributed by atoms with Crippen LogP contribution in [0.5, 0.6) is 11.5 Å². The van der Waals surface area contributed by atoms with Gasteiger partial charge in [-0.25, -0.2) is 8.42 Å². The molecule has 1 aromatic heterocycles. The minimum absolute atomic E-state index is 0.129. The SMILES string of the molecule is CCN(CC)S(=O)(=O)c1c(C)nn(CC(=O)Nc2cc(OC)c(Cl)cc2OC)c1C. The normalized spacial score (nSPS) is 11.6. The highest BCUT2D eigenvalue weighted by Crippen LogP contribution is 2.36. The first kappa shape index (κ1) is 24.0. The number of sulfonamides is 1. The van der Waals surface area contributed by atoms with Gasteiger partial charge in [0.1, 0.15) is 22.9 Å². The van der Waals surface area contributed by atoms with Gasteiger partial charge in [-0.3, -0.25) is 9.48 Å². The molecule has 0 aliphatic rings. The second-order valence-corrected chi connectivity index (χ2v) is 8.76. The van der Waals surface area contributed by atoms with Crippen LogP contribution < -0.4 is 14.8 Å². The molecule has 9 nitrogen and oxygen atoms in total. The van der Waals surface area contributed by atoms with Crippen molar-refractivity contribution in [3.8, 4) is 11.5 Å². The Morgan fingerprint density at radius 1 is 1.17 bits per heavy atom. The summed E-state index contributed by atoms with van der Waals surface area (Å²) in [6.07, 6.45) is 0. The molecule has 2 aromatic rings. The molecule has 166 valence electrons. The molecule has 0 unspecified atom stereocenters. The molecule has 0 saturated heterocycles. The fourth-order valence-corrected chi connectivity index (χ4v) is 5.25. The summed E-state index contributed by atoms with van der Waals surface area (Å²) in [6.45, 7) is 7.33. The van der Waals surface area contributed by atoms with Gasteiger partial charge in [0.05, 0.1) is 36.3 Å². The van der Waals surface area contributed by atoms with Crippen LogP contribution in [0.3, 0.4) is 0 Å². The summed E-state index contributed by atoms with van der Waals surface area (Å²) in [7, 11) is -0.771. The number of aromatic nitrogens is 2. The van der Waals surface area contributed by atoms with E-state index in [0.29, 0.717) is 46.7 Å². The molecule has 0 spiro atoms. The summed E-state index contributed by atoms with van der Waals surface area (Å²) < 4.78 is 39.1. The van der Waals surface area contributed by atoms with Gasteiger partial charge in [-0.05, 0) is 13.8 Å². The van der Waals surface area contributed by atoms with Crippen LogP contribution >= 0.6 is 11.6 Å². The Kier molecular flexibility index (Phi) is 7.73. The fourth-order valence-electron chi connectivity index (χ4n) is 3.18. The van der Waals surface area contributed by atoms with Crippen molar-refractivity contribution in [2.24, 2.45) is 0 Å². The van der Waals surface area contributed by atoms with Gasteiger partial charge in [0.25, 0.3) is 0 Å². The minimum atomic E-state index is -3.69. The molecular formula is C19H27ClN4O5S. The number of anilines is 1. The third kappa shape index (κ3) is 4.71. The molecule has 11 heteroatoms. The summed E-state index contributed by atoms with van der Waals surface area (Å²) >= 11 is 6.09. The van der Waals surface area contributed by atoms with Crippen molar-refractivity contribution in [3.05, 3.63) is 28.5 Å². The Labute approximate surface area is 182 Å². The van der Waals surface area contributed by atoms with Gasteiger partial charge in [0.2, 0.25) is 15.9 Å². The lowest BCUT2D eigenvalue weighted by atomic mass is 10.2. The van der Waals surface area contributed by atoms with Gasteiger partial charge in [-0.1, -0.05) is 25.4 Å². The first-order valence-electron chi connectivity index (χ1n) is 9.36. The number of amides is 1. The molecule has 0 atom stereocenters. The number of benzene rings is 1. The third-order valence-electron chi connectivity index (χ3n) is 4.66. The topological polar surface area (TPSA) is 103 Å².